The molecule has 1 amide bonds. The summed E-state index contributed by atoms with van der Waals surface area (Å²) >= 11 is 0. The molecule has 7 heteroatoms. The van der Waals surface area contributed by atoms with Gasteiger partial charge < -0.3 is 19.3 Å². The number of hydrogen-bond donors (Lipinski definition) is 1. The van der Waals surface area contributed by atoms with Crippen LogP contribution in [0, 0.1) is 0 Å². The zero-order valence-corrected chi connectivity index (χ0v) is 15.4. The van der Waals surface area contributed by atoms with Crippen molar-refractivity contribution in [2.45, 2.75) is 19.9 Å². The first-order chi connectivity index (χ1) is 13.1. The van der Waals surface area contributed by atoms with Crippen molar-refractivity contribution in [2.75, 3.05) is 13.7 Å². The van der Waals surface area contributed by atoms with E-state index in [1.807, 2.05) is 37.3 Å². The molecule has 1 heterocycles. The maximum Gasteiger partial charge on any atom is 0.255 e. The van der Waals surface area contributed by atoms with Gasteiger partial charge in [0.25, 0.3) is 5.91 Å². The summed E-state index contributed by atoms with van der Waals surface area (Å²) in [6, 6.07) is 14.0. The van der Waals surface area contributed by atoms with E-state index in [9.17, 15) is 4.79 Å². The largest absolute Gasteiger partial charge is 0.497 e. The van der Waals surface area contributed by atoms with E-state index in [1.165, 1.54) is 0 Å². The monoisotopic (exact) mass is 367 g/mol. The molecule has 3 rings (SSSR count). The molecule has 1 atom stereocenters. The Morgan fingerprint density at radius 2 is 1.93 bits per heavy atom. The van der Waals surface area contributed by atoms with Gasteiger partial charge in [-0.05, 0) is 50.2 Å². The maximum atomic E-state index is 12.6. The van der Waals surface area contributed by atoms with Crippen LogP contribution in [0.25, 0.3) is 11.4 Å². The van der Waals surface area contributed by atoms with Gasteiger partial charge in [0.15, 0.2) is 0 Å². The Morgan fingerprint density at radius 3 is 2.63 bits per heavy atom. The molecule has 0 aliphatic heterocycles. The third kappa shape index (κ3) is 4.25. The van der Waals surface area contributed by atoms with Crippen molar-refractivity contribution in [1.29, 1.82) is 0 Å². The first-order valence-corrected chi connectivity index (χ1v) is 8.63. The quantitative estimate of drug-likeness (QED) is 0.686. The highest BCUT2D eigenvalue weighted by Gasteiger charge is 2.20. The normalized spacial score (nSPS) is 11.7. The van der Waals surface area contributed by atoms with Crippen LogP contribution in [0.2, 0.25) is 0 Å². The average Bonchev–Trinajstić information content (AvgIpc) is 3.19. The Hall–Kier alpha value is -3.35. The molecule has 2 aromatic carbocycles. The lowest BCUT2D eigenvalue weighted by atomic mass is 10.1. The van der Waals surface area contributed by atoms with Gasteiger partial charge >= 0.3 is 0 Å². The number of carbonyl (C=O) groups is 1. The topological polar surface area (TPSA) is 86.5 Å². The first kappa shape index (κ1) is 18.4. The fourth-order valence-electron chi connectivity index (χ4n) is 2.54. The van der Waals surface area contributed by atoms with Crippen molar-refractivity contribution in [3.8, 4) is 22.9 Å². The van der Waals surface area contributed by atoms with Gasteiger partial charge in [-0.1, -0.05) is 17.3 Å². The fourth-order valence-corrected chi connectivity index (χ4v) is 2.54. The van der Waals surface area contributed by atoms with Gasteiger partial charge in [0, 0.05) is 5.56 Å². The third-order valence-corrected chi connectivity index (χ3v) is 3.94. The van der Waals surface area contributed by atoms with E-state index in [0.717, 1.165) is 11.3 Å². The molecule has 0 aliphatic rings. The molecule has 1 aromatic heterocycles. The summed E-state index contributed by atoms with van der Waals surface area (Å²) in [5.41, 5.74) is 1.26. The lowest BCUT2D eigenvalue weighted by Gasteiger charge is -2.12. The summed E-state index contributed by atoms with van der Waals surface area (Å²) < 4.78 is 16.0. The number of ether oxygens (including phenoxy) is 2. The summed E-state index contributed by atoms with van der Waals surface area (Å²) in [7, 11) is 1.61. The van der Waals surface area contributed by atoms with Crippen molar-refractivity contribution < 1.29 is 18.8 Å². The number of benzene rings is 2. The number of carbonyl (C=O) groups excluding carboxylic acids is 1. The summed E-state index contributed by atoms with van der Waals surface area (Å²) in [6.45, 7) is 4.14. The zero-order valence-electron chi connectivity index (χ0n) is 15.4. The minimum absolute atomic E-state index is 0.268. The lowest BCUT2D eigenvalue weighted by molar-refractivity contribution is 0.0928. The van der Waals surface area contributed by atoms with Gasteiger partial charge in [0.2, 0.25) is 11.7 Å². The first-order valence-electron chi connectivity index (χ1n) is 8.63. The van der Waals surface area contributed by atoms with Crippen LogP contribution in [-0.2, 0) is 0 Å². The molecule has 0 aliphatic carbocycles. The number of nitrogens with one attached hydrogen (secondary N) is 1. The van der Waals surface area contributed by atoms with Gasteiger partial charge in [-0.15, -0.1) is 0 Å². The van der Waals surface area contributed by atoms with Crippen molar-refractivity contribution in [2.24, 2.45) is 0 Å². The highest BCUT2D eigenvalue weighted by molar-refractivity contribution is 5.97. The standard InChI is InChI=1S/C20H21N3O4/c1-4-26-17-8-6-5-7-16(17)19(24)21-13(2)20-22-18(23-27-20)14-9-11-15(25-3)12-10-14/h5-13H,4H2,1-3H3,(H,21,24). The van der Waals surface area contributed by atoms with Crippen LogP contribution < -0.4 is 14.8 Å². The smallest absolute Gasteiger partial charge is 0.255 e. The molecular formula is C20H21N3O4. The average molecular weight is 367 g/mol. The second kappa shape index (κ2) is 8.35. The van der Waals surface area contributed by atoms with Crippen LogP contribution in [0.5, 0.6) is 11.5 Å². The minimum atomic E-state index is -0.452. The van der Waals surface area contributed by atoms with Gasteiger partial charge in [-0.25, -0.2) is 0 Å². The van der Waals surface area contributed by atoms with E-state index in [4.69, 9.17) is 14.0 Å². The van der Waals surface area contributed by atoms with Crippen LogP contribution in [0.4, 0.5) is 0 Å². The molecule has 3 aromatic rings. The van der Waals surface area contributed by atoms with Crippen LogP contribution in [0.15, 0.2) is 53.1 Å². The summed E-state index contributed by atoms with van der Waals surface area (Å²) in [5.74, 6) is 1.78. The highest BCUT2D eigenvalue weighted by Crippen LogP contribution is 2.23. The summed E-state index contributed by atoms with van der Waals surface area (Å²) in [6.07, 6.45) is 0. The molecule has 0 saturated carbocycles. The minimum Gasteiger partial charge on any atom is -0.497 e. The second-order valence-corrected chi connectivity index (χ2v) is 5.81. The van der Waals surface area contributed by atoms with Gasteiger partial charge in [-0.2, -0.15) is 4.98 Å². The van der Waals surface area contributed by atoms with E-state index < -0.39 is 6.04 Å². The molecular weight excluding hydrogens is 346 g/mol. The number of hydrogen-bond acceptors (Lipinski definition) is 6. The Labute approximate surface area is 157 Å². The predicted molar refractivity (Wildman–Crippen MR) is 99.8 cm³/mol. The predicted octanol–water partition coefficient (Wildman–Crippen LogP) is 3.63. The van der Waals surface area contributed by atoms with Crippen LogP contribution in [0.1, 0.15) is 36.1 Å². The number of amides is 1. The Bertz CT molecular complexity index is 906. The number of para-hydroxylation sites is 1. The van der Waals surface area contributed by atoms with Crippen molar-refractivity contribution >= 4 is 5.91 Å². The number of aromatic nitrogens is 2. The molecule has 0 saturated heterocycles. The molecule has 140 valence electrons. The van der Waals surface area contributed by atoms with E-state index in [1.54, 1.807) is 32.2 Å². The van der Waals surface area contributed by atoms with E-state index >= 15 is 0 Å². The van der Waals surface area contributed by atoms with E-state index in [-0.39, 0.29) is 5.91 Å². The number of nitrogens with zero attached hydrogens (tertiary/aromatic N) is 2. The highest BCUT2D eigenvalue weighted by atomic mass is 16.5. The molecule has 1 N–H and O–H groups in total. The Kier molecular flexibility index (Phi) is 5.71. The van der Waals surface area contributed by atoms with Gasteiger partial charge in [0.1, 0.15) is 17.5 Å². The van der Waals surface area contributed by atoms with Gasteiger partial charge in [-0.3, -0.25) is 4.79 Å². The number of rotatable bonds is 7. The third-order valence-electron chi connectivity index (χ3n) is 3.94. The Morgan fingerprint density at radius 1 is 1.19 bits per heavy atom. The SMILES string of the molecule is CCOc1ccccc1C(=O)NC(C)c1nc(-c2ccc(OC)cc2)no1. The molecule has 27 heavy (non-hydrogen) atoms. The molecule has 0 spiro atoms. The van der Waals surface area contributed by atoms with Crippen LogP contribution in [0.3, 0.4) is 0 Å². The zero-order chi connectivity index (χ0) is 19.2. The van der Waals surface area contributed by atoms with Gasteiger partial charge in [0.05, 0.1) is 19.3 Å². The lowest BCUT2D eigenvalue weighted by Crippen LogP contribution is -2.27. The molecule has 7 nitrogen and oxygen atoms in total. The molecule has 0 fully saturated rings. The summed E-state index contributed by atoms with van der Waals surface area (Å²) in [5, 5.41) is 6.85. The fraction of sp³-hybridized carbons (Fsp3) is 0.250. The second-order valence-electron chi connectivity index (χ2n) is 5.81. The van der Waals surface area contributed by atoms with Crippen molar-refractivity contribution in [3.63, 3.8) is 0 Å². The molecule has 0 bridgehead atoms. The van der Waals surface area contributed by atoms with Crippen molar-refractivity contribution in [1.82, 2.24) is 15.5 Å². The summed E-state index contributed by atoms with van der Waals surface area (Å²) in [4.78, 5) is 17.0. The number of methoxy groups -OCH3 is 1. The maximum absolute atomic E-state index is 12.6. The Balaban J connectivity index is 1.72. The van der Waals surface area contributed by atoms with Crippen molar-refractivity contribution in [3.05, 3.63) is 60.0 Å². The van der Waals surface area contributed by atoms with E-state index in [0.29, 0.717) is 29.6 Å². The van der Waals surface area contributed by atoms with E-state index in [2.05, 4.69) is 15.5 Å². The molecule has 1 unspecified atom stereocenters. The van der Waals surface area contributed by atoms with Crippen LogP contribution in [-0.4, -0.2) is 29.8 Å². The molecule has 0 radical (unpaired) electrons. The van der Waals surface area contributed by atoms with Crippen LogP contribution >= 0.6 is 0 Å².